The Morgan fingerprint density at radius 1 is 1.07 bits per heavy atom. The molecule has 3 rings (SSSR count). The summed E-state index contributed by atoms with van der Waals surface area (Å²) in [7, 11) is 1.72. The minimum atomic E-state index is -0.203. The summed E-state index contributed by atoms with van der Waals surface area (Å²) in [6.45, 7) is 6.18. The lowest BCUT2D eigenvalue weighted by molar-refractivity contribution is 0.254. The fourth-order valence-corrected chi connectivity index (χ4v) is 3.18. The lowest BCUT2D eigenvalue weighted by Crippen LogP contribution is -2.47. The highest BCUT2D eigenvalue weighted by Crippen LogP contribution is 2.09. The van der Waals surface area contributed by atoms with Crippen LogP contribution in [-0.2, 0) is 6.54 Å². The predicted octanol–water partition coefficient (Wildman–Crippen LogP) is 2.11. The summed E-state index contributed by atoms with van der Waals surface area (Å²) < 4.78 is 13.7. The Balaban J connectivity index is 0.00000300. The molecule has 2 N–H and O–H groups in total. The number of nitrogens with one attached hydrogen (secondary N) is 2. The summed E-state index contributed by atoms with van der Waals surface area (Å²) in [6, 6.07) is 8.61. The van der Waals surface area contributed by atoms with Crippen LogP contribution in [0.1, 0.15) is 12.0 Å². The third-order valence-corrected chi connectivity index (χ3v) is 4.78. The molecule has 0 saturated carbocycles. The second-order valence-electron chi connectivity index (χ2n) is 6.67. The number of aliphatic imine (C=N–C) groups is 1. The number of piperazine rings is 1. The summed E-state index contributed by atoms with van der Waals surface area (Å²) in [6.07, 6.45) is 4.59. The van der Waals surface area contributed by atoms with Crippen molar-refractivity contribution in [3.05, 3.63) is 54.1 Å². The average Bonchev–Trinajstić information content (AvgIpc) is 2.75. The molecule has 0 bridgehead atoms. The van der Waals surface area contributed by atoms with E-state index in [1.807, 2.05) is 12.1 Å². The molecule has 1 aliphatic heterocycles. The minimum Gasteiger partial charge on any atom is -0.356 e. The molecule has 1 aromatic heterocycles. The highest BCUT2D eigenvalue weighted by atomic mass is 127. The van der Waals surface area contributed by atoms with Crippen LogP contribution in [0.2, 0.25) is 0 Å². The van der Waals surface area contributed by atoms with Gasteiger partial charge >= 0.3 is 0 Å². The van der Waals surface area contributed by atoms with Crippen molar-refractivity contribution in [3.63, 3.8) is 0 Å². The van der Waals surface area contributed by atoms with Crippen LogP contribution in [0.5, 0.6) is 0 Å². The number of anilines is 1. The molecule has 158 valence electrons. The van der Waals surface area contributed by atoms with Crippen molar-refractivity contribution in [1.29, 1.82) is 0 Å². The molecule has 0 spiro atoms. The van der Waals surface area contributed by atoms with Gasteiger partial charge in [-0.1, -0.05) is 18.2 Å². The van der Waals surface area contributed by atoms with E-state index in [1.54, 1.807) is 31.6 Å². The molecule has 29 heavy (non-hydrogen) atoms. The van der Waals surface area contributed by atoms with Gasteiger partial charge in [-0.05, 0) is 25.1 Å². The second kappa shape index (κ2) is 12.5. The third kappa shape index (κ3) is 7.39. The topological polar surface area (TPSA) is 68.7 Å². The molecule has 1 fully saturated rings. The number of rotatable bonds is 7. The van der Waals surface area contributed by atoms with E-state index < -0.39 is 0 Å². The second-order valence-corrected chi connectivity index (χ2v) is 6.67. The Morgan fingerprint density at radius 3 is 2.48 bits per heavy atom. The predicted molar refractivity (Wildman–Crippen MR) is 125 cm³/mol. The number of hydrogen-bond donors (Lipinski definition) is 2. The number of nitrogens with zero attached hydrogens (tertiary/aromatic N) is 5. The van der Waals surface area contributed by atoms with E-state index in [0.29, 0.717) is 18.1 Å². The summed E-state index contributed by atoms with van der Waals surface area (Å²) in [4.78, 5) is 17.5. The van der Waals surface area contributed by atoms with E-state index >= 15 is 0 Å². The van der Waals surface area contributed by atoms with E-state index in [1.165, 1.54) is 6.07 Å². The van der Waals surface area contributed by atoms with Gasteiger partial charge in [-0.25, -0.2) is 14.4 Å². The first kappa shape index (κ1) is 23.3. The Kier molecular flexibility index (Phi) is 10.1. The van der Waals surface area contributed by atoms with Gasteiger partial charge < -0.3 is 15.5 Å². The maximum absolute atomic E-state index is 13.7. The Labute approximate surface area is 188 Å². The highest BCUT2D eigenvalue weighted by Gasteiger charge is 2.18. The maximum atomic E-state index is 13.7. The zero-order valence-electron chi connectivity index (χ0n) is 16.7. The number of guanidine groups is 1. The van der Waals surface area contributed by atoms with Gasteiger partial charge in [0.2, 0.25) is 5.95 Å². The molecule has 0 amide bonds. The van der Waals surface area contributed by atoms with Crippen molar-refractivity contribution in [2.75, 3.05) is 51.2 Å². The van der Waals surface area contributed by atoms with Gasteiger partial charge in [0.05, 0.1) is 0 Å². The van der Waals surface area contributed by atoms with Crippen LogP contribution in [0.4, 0.5) is 10.3 Å². The first-order valence-corrected chi connectivity index (χ1v) is 9.68. The van der Waals surface area contributed by atoms with E-state index in [4.69, 9.17) is 0 Å². The number of aromatic nitrogens is 2. The smallest absolute Gasteiger partial charge is 0.225 e. The number of benzene rings is 1. The number of hydrogen-bond acceptors (Lipinski definition) is 5. The summed E-state index contributed by atoms with van der Waals surface area (Å²) in [5, 5.41) is 6.45. The van der Waals surface area contributed by atoms with Gasteiger partial charge in [-0.15, -0.1) is 24.0 Å². The fourth-order valence-electron chi connectivity index (χ4n) is 3.18. The summed E-state index contributed by atoms with van der Waals surface area (Å²) in [5.41, 5.74) is 0.630. The van der Waals surface area contributed by atoms with Gasteiger partial charge in [0.15, 0.2) is 5.96 Å². The molecule has 0 aliphatic carbocycles. The van der Waals surface area contributed by atoms with E-state index in [0.717, 1.165) is 51.6 Å². The van der Waals surface area contributed by atoms with Crippen LogP contribution in [0, 0.1) is 5.82 Å². The van der Waals surface area contributed by atoms with Crippen LogP contribution in [0.3, 0.4) is 0 Å². The summed E-state index contributed by atoms with van der Waals surface area (Å²) in [5.74, 6) is 1.30. The monoisotopic (exact) mass is 513 g/mol. The van der Waals surface area contributed by atoms with Gasteiger partial charge in [0, 0.05) is 64.3 Å². The molecule has 1 saturated heterocycles. The lowest BCUT2D eigenvalue weighted by Gasteiger charge is -2.34. The van der Waals surface area contributed by atoms with Crippen molar-refractivity contribution in [3.8, 4) is 0 Å². The first-order chi connectivity index (χ1) is 13.8. The van der Waals surface area contributed by atoms with Crippen LogP contribution >= 0.6 is 24.0 Å². The SMILES string of the molecule is CN=C(NCCCN1CCN(c2ncccn2)CC1)NCc1ccccc1F.I. The largest absolute Gasteiger partial charge is 0.356 e. The van der Waals surface area contributed by atoms with Crippen molar-refractivity contribution in [2.24, 2.45) is 4.99 Å². The van der Waals surface area contributed by atoms with Crippen LogP contribution < -0.4 is 15.5 Å². The van der Waals surface area contributed by atoms with Gasteiger partial charge in [-0.3, -0.25) is 9.89 Å². The minimum absolute atomic E-state index is 0. The van der Waals surface area contributed by atoms with Crippen LogP contribution in [0.25, 0.3) is 0 Å². The zero-order chi connectivity index (χ0) is 19.6. The van der Waals surface area contributed by atoms with Gasteiger partial charge in [0.25, 0.3) is 0 Å². The molecule has 9 heteroatoms. The Morgan fingerprint density at radius 2 is 1.79 bits per heavy atom. The quantitative estimate of drug-likeness (QED) is 0.256. The normalized spacial score (nSPS) is 15.0. The van der Waals surface area contributed by atoms with Crippen molar-refractivity contribution < 1.29 is 4.39 Å². The molecule has 1 aromatic carbocycles. The van der Waals surface area contributed by atoms with Crippen molar-refractivity contribution in [2.45, 2.75) is 13.0 Å². The Bertz CT molecular complexity index is 752. The maximum Gasteiger partial charge on any atom is 0.225 e. The molecular weight excluding hydrogens is 484 g/mol. The molecule has 2 heterocycles. The number of halogens is 2. The van der Waals surface area contributed by atoms with E-state index in [2.05, 4.69) is 35.4 Å². The molecular formula is C20H29FIN7. The molecule has 1 aliphatic rings. The lowest BCUT2D eigenvalue weighted by atomic mass is 10.2. The highest BCUT2D eigenvalue weighted by molar-refractivity contribution is 14.0. The molecule has 7 nitrogen and oxygen atoms in total. The average molecular weight is 513 g/mol. The van der Waals surface area contributed by atoms with Gasteiger partial charge in [-0.2, -0.15) is 0 Å². The molecule has 0 atom stereocenters. The van der Waals surface area contributed by atoms with E-state index in [-0.39, 0.29) is 29.8 Å². The fraction of sp³-hybridized carbons (Fsp3) is 0.450. The molecule has 0 radical (unpaired) electrons. The van der Waals surface area contributed by atoms with Crippen LogP contribution in [-0.4, -0.2) is 67.1 Å². The molecule has 2 aromatic rings. The van der Waals surface area contributed by atoms with Gasteiger partial charge in [0.1, 0.15) is 5.82 Å². The third-order valence-electron chi connectivity index (χ3n) is 4.78. The van der Waals surface area contributed by atoms with Crippen molar-refractivity contribution in [1.82, 2.24) is 25.5 Å². The Hall–Kier alpha value is -2.01. The van der Waals surface area contributed by atoms with E-state index in [9.17, 15) is 4.39 Å². The standard InChI is InChI=1S/C20H28FN7.HI/c1-22-19(26-16-17-6-2-3-7-18(17)21)23-10-5-11-27-12-14-28(15-13-27)20-24-8-4-9-25-20;/h2-4,6-9H,5,10-16H2,1H3,(H2,22,23,26);1H. The van der Waals surface area contributed by atoms with Crippen LogP contribution in [0.15, 0.2) is 47.7 Å². The zero-order valence-corrected chi connectivity index (χ0v) is 19.1. The summed E-state index contributed by atoms with van der Waals surface area (Å²) >= 11 is 0. The van der Waals surface area contributed by atoms with Crippen molar-refractivity contribution >= 4 is 35.9 Å². The molecule has 0 unspecified atom stereocenters. The first-order valence-electron chi connectivity index (χ1n) is 9.68.